The van der Waals surface area contributed by atoms with E-state index in [2.05, 4.69) is 15.2 Å². The molecule has 2 N–H and O–H groups in total. The summed E-state index contributed by atoms with van der Waals surface area (Å²) in [6, 6.07) is 6.68. The Bertz CT molecular complexity index is 883. The third-order valence-electron chi connectivity index (χ3n) is 2.67. The number of carboxylic acids is 1. The molecule has 10 heteroatoms. The Morgan fingerprint density at radius 2 is 1.88 bits per heavy atom. The lowest BCUT2D eigenvalue weighted by Gasteiger charge is -2.06. The number of aliphatic carboxylic acids is 1. The molecule has 9 nitrogen and oxygen atoms in total. The Kier molecular flexibility index (Phi) is 4.99. The van der Waals surface area contributed by atoms with E-state index in [4.69, 9.17) is 4.52 Å². The number of carboxylic acid groups (broad SMARTS) is 1. The number of benzene rings is 1. The zero-order chi connectivity index (χ0) is 17.7. The number of aromatic nitrogens is 1. The molecule has 0 radical (unpaired) electrons. The van der Waals surface area contributed by atoms with Crippen molar-refractivity contribution in [3.05, 3.63) is 48.2 Å². The number of aryl methyl sites for hydroxylation is 1. The van der Waals surface area contributed by atoms with Crippen molar-refractivity contribution >= 4 is 33.4 Å². The topological polar surface area (TPSA) is 141 Å². The van der Waals surface area contributed by atoms with E-state index in [-0.39, 0.29) is 10.7 Å². The molecule has 0 atom stereocenters. The Labute approximate surface area is 137 Å². The van der Waals surface area contributed by atoms with E-state index < -0.39 is 21.9 Å². The van der Waals surface area contributed by atoms with Crippen LogP contribution < -0.4 is 15.1 Å². The van der Waals surface area contributed by atoms with Crippen molar-refractivity contribution in [2.45, 2.75) is 11.8 Å². The number of nitrogens with one attached hydrogen (secondary N) is 2. The van der Waals surface area contributed by atoms with E-state index in [1.807, 2.05) is 0 Å². The number of carbonyl (C=O) groups excluding carboxylic acids is 2. The molecule has 0 bridgehead atoms. The number of rotatable bonds is 6. The lowest BCUT2D eigenvalue weighted by atomic mass is 10.3. The van der Waals surface area contributed by atoms with Gasteiger partial charge in [-0.15, -0.1) is 0 Å². The summed E-state index contributed by atoms with van der Waals surface area (Å²) in [6.07, 6.45) is 1.37. The molecule has 0 saturated carbocycles. The molecular formula is C14H12N3O6S-. The van der Waals surface area contributed by atoms with Crippen LogP contribution in [-0.4, -0.2) is 25.5 Å². The van der Waals surface area contributed by atoms with Crippen LogP contribution in [-0.2, 0) is 19.6 Å². The van der Waals surface area contributed by atoms with Crippen LogP contribution in [0.5, 0.6) is 0 Å². The second-order valence-corrected chi connectivity index (χ2v) is 6.28. The van der Waals surface area contributed by atoms with Crippen LogP contribution >= 0.6 is 0 Å². The van der Waals surface area contributed by atoms with Crippen molar-refractivity contribution in [2.75, 3.05) is 10.0 Å². The van der Waals surface area contributed by atoms with E-state index in [1.54, 1.807) is 6.92 Å². The van der Waals surface area contributed by atoms with Crippen molar-refractivity contribution in [2.24, 2.45) is 0 Å². The van der Waals surface area contributed by atoms with Crippen LogP contribution in [0.15, 0.2) is 51.9 Å². The molecule has 2 aromatic rings. The smallest absolute Gasteiger partial charge is 0.263 e. The van der Waals surface area contributed by atoms with E-state index in [9.17, 15) is 23.1 Å². The molecule has 2 rings (SSSR count). The third-order valence-corrected chi connectivity index (χ3v) is 4.04. The highest BCUT2D eigenvalue weighted by atomic mass is 32.2. The summed E-state index contributed by atoms with van der Waals surface area (Å²) in [4.78, 5) is 21.6. The predicted octanol–water partition coefficient (Wildman–Crippen LogP) is 0.0284. The minimum Gasteiger partial charge on any atom is -0.545 e. The molecule has 1 aromatic heterocycles. The third kappa shape index (κ3) is 4.68. The maximum absolute atomic E-state index is 12.2. The predicted molar refractivity (Wildman–Crippen MR) is 81.3 cm³/mol. The Balaban J connectivity index is 2.08. The highest BCUT2D eigenvalue weighted by Crippen LogP contribution is 2.18. The molecule has 126 valence electrons. The van der Waals surface area contributed by atoms with E-state index in [0.717, 1.165) is 6.08 Å². The molecule has 0 fully saturated rings. The summed E-state index contributed by atoms with van der Waals surface area (Å²) in [6.45, 7) is 1.62. The molecule has 1 amide bonds. The van der Waals surface area contributed by atoms with Crippen LogP contribution in [0.3, 0.4) is 0 Å². The molecular weight excluding hydrogens is 338 g/mol. The van der Waals surface area contributed by atoms with Gasteiger partial charge in [-0.1, -0.05) is 5.16 Å². The van der Waals surface area contributed by atoms with Crippen molar-refractivity contribution in [1.29, 1.82) is 0 Å². The van der Waals surface area contributed by atoms with Gasteiger partial charge in [0, 0.05) is 17.8 Å². The molecule has 0 aliphatic rings. The second-order valence-electron chi connectivity index (χ2n) is 4.59. The molecule has 1 heterocycles. The second kappa shape index (κ2) is 6.96. The number of hydrogen-bond acceptors (Lipinski definition) is 7. The number of sulfonamides is 1. The summed E-state index contributed by atoms with van der Waals surface area (Å²) >= 11 is 0. The Hall–Kier alpha value is -3.14. The van der Waals surface area contributed by atoms with Crippen LogP contribution in [0.1, 0.15) is 5.76 Å². The van der Waals surface area contributed by atoms with Crippen LogP contribution in [0.2, 0.25) is 0 Å². The summed E-state index contributed by atoms with van der Waals surface area (Å²) in [5.74, 6) is -1.68. The maximum atomic E-state index is 12.2. The molecule has 24 heavy (non-hydrogen) atoms. The van der Waals surface area contributed by atoms with E-state index in [0.29, 0.717) is 17.5 Å². The highest BCUT2D eigenvalue weighted by molar-refractivity contribution is 7.92. The molecule has 0 spiro atoms. The first kappa shape index (κ1) is 17.2. The van der Waals surface area contributed by atoms with Crippen molar-refractivity contribution in [3.63, 3.8) is 0 Å². The van der Waals surface area contributed by atoms with Crippen molar-refractivity contribution < 1.29 is 27.6 Å². The van der Waals surface area contributed by atoms with Gasteiger partial charge in [0.1, 0.15) is 5.76 Å². The van der Waals surface area contributed by atoms with Gasteiger partial charge < -0.3 is 19.7 Å². The average Bonchev–Trinajstić information content (AvgIpc) is 2.90. The van der Waals surface area contributed by atoms with Crippen molar-refractivity contribution in [3.8, 4) is 0 Å². The summed E-state index contributed by atoms with van der Waals surface area (Å²) < 4.78 is 31.3. The SMILES string of the molecule is Cc1cc(NS(=O)(=O)c2ccc(NC(=O)/C=C/C(=O)[O-])cc2)no1. The summed E-state index contributed by atoms with van der Waals surface area (Å²) in [7, 11) is -3.85. The Morgan fingerprint density at radius 1 is 1.21 bits per heavy atom. The first-order valence-electron chi connectivity index (χ1n) is 6.52. The van der Waals surface area contributed by atoms with Crippen LogP contribution in [0.25, 0.3) is 0 Å². The van der Waals surface area contributed by atoms with E-state index in [1.165, 1.54) is 30.3 Å². The minimum atomic E-state index is -3.85. The average molecular weight is 350 g/mol. The fourth-order valence-electron chi connectivity index (χ4n) is 1.66. The van der Waals surface area contributed by atoms with Gasteiger partial charge in [-0.3, -0.25) is 9.52 Å². The first-order chi connectivity index (χ1) is 11.3. The zero-order valence-electron chi connectivity index (χ0n) is 12.3. The maximum Gasteiger partial charge on any atom is 0.263 e. The molecule has 0 aliphatic heterocycles. The van der Waals surface area contributed by atoms with Gasteiger partial charge >= 0.3 is 0 Å². The molecule has 0 unspecified atom stereocenters. The quantitative estimate of drug-likeness (QED) is 0.700. The molecule has 0 aliphatic carbocycles. The van der Waals surface area contributed by atoms with Gasteiger partial charge in [-0.05, 0) is 37.3 Å². The number of hydrogen-bond donors (Lipinski definition) is 2. The largest absolute Gasteiger partial charge is 0.545 e. The summed E-state index contributed by atoms with van der Waals surface area (Å²) in [5.41, 5.74) is 0.291. The zero-order valence-corrected chi connectivity index (χ0v) is 13.2. The van der Waals surface area contributed by atoms with E-state index >= 15 is 0 Å². The van der Waals surface area contributed by atoms with Crippen LogP contribution in [0, 0.1) is 6.92 Å². The van der Waals surface area contributed by atoms with Gasteiger partial charge in [0.25, 0.3) is 10.0 Å². The van der Waals surface area contributed by atoms with Gasteiger partial charge in [0.15, 0.2) is 5.82 Å². The summed E-state index contributed by atoms with van der Waals surface area (Å²) in [5, 5.41) is 16.1. The fraction of sp³-hybridized carbons (Fsp3) is 0.0714. The van der Waals surface area contributed by atoms with Crippen molar-refractivity contribution in [1.82, 2.24) is 5.16 Å². The fourth-order valence-corrected chi connectivity index (χ4v) is 2.64. The minimum absolute atomic E-state index is 0.0496. The van der Waals surface area contributed by atoms with Gasteiger partial charge in [-0.25, -0.2) is 8.42 Å². The normalized spacial score (nSPS) is 11.4. The molecule has 1 aromatic carbocycles. The number of carbonyl (C=O) groups is 2. The standard InChI is InChI=1S/C14H13N3O6S/c1-9-8-12(16-23-9)17-24(21,22)11-4-2-10(3-5-11)15-13(18)6-7-14(19)20/h2-8H,1H3,(H,15,18)(H,16,17)(H,19,20)/p-1/b7-6+. The van der Waals surface area contributed by atoms with Gasteiger partial charge in [0.05, 0.1) is 10.9 Å². The van der Waals surface area contributed by atoms with Gasteiger partial charge in [-0.2, -0.15) is 0 Å². The van der Waals surface area contributed by atoms with Crippen LogP contribution in [0.4, 0.5) is 11.5 Å². The number of anilines is 2. The lowest BCUT2D eigenvalue weighted by molar-refractivity contribution is -0.297. The number of amides is 1. The monoisotopic (exact) mass is 350 g/mol. The first-order valence-corrected chi connectivity index (χ1v) is 8.01. The highest BCUT2D eigenvalue weighted by Gasteiger charge is 2.16. The van der Waals surface area contributed by atoms with Gasteiger partial charge in [0.2, 0.25) is 5.91 Å². The number of nitrogens with zero attached hydrogens (tertiary/aromatic N) is 1. The molecule has 0 saturated heterocycles. The lowest BCUT2D eigenvalue weighted by Crippen LogP contribution is -2.20. The Morgan fingerprint density at radius 3 is 2.42 bits per heavy atom.